The van der Waals surface area contributed by atoms with E-state index in [1.54, 1.807) is 24.4 Å². The lowest BCUT2D eigenvalue weighted by Gasteiger charge is -2.29. The Kier molecular flexibility index (Phi) is 13.7. The van der Waals surface area contributed by atoms with E-state index < -0.39 is 18.1 Å². The normalized spacial score (nSPS) is 14.7. The second kappa shape index (κ2) is 18.4. The molecule has 1 atom stereocenters. The smallest absolute Gasteiger partial charge is 0.326 e. The number of ether oxygens (including phenoxy) is 3. The van der Waals surface area contributed by atoms with E-state index in [4.69, 9.17) is 25.8 Å². The number of rotatable bonds is 17. The van der Waals surface area contributed by atoms with Gasteiger partial charge >= 0.3 is 5.97 Å². The van der Waals surface area contributed by atoms with Crippen molar-refractivity contribution >= 4 is 17.6 Å². The fourth-order valence-corrected chi connectivity index (χ4v) is 6.44. The van der Waals surface area contributed by atoms with Crippen LogP contribution in [0.3, 0.4) is 0 Å². The third-order valence-corrected chi connectivity index (χ3v) is 10.0. The molecule has 5 rings (SSSR count). The number of benzene rings is 3. The molecule has 0 saturated carbocycles. The Hall–Kier alpha value is -4.70. The minimum absolute atomic E-state index is 0.0297. The van der Waals surface area contributed by atoms with Crippen LogP contribution >= 0.6 is 11.6 Å². The Morgan fingerprint density at radius 2 is 1.70 bits per heavy atom. The molecule has 4 N–H and O–H groups in total. The number of hydrogen-bond donors (Lipinski definition) is 4. The van der Waals surface area contributed by atoms with Gasteiger partial charge in [-0.25, -0.2) is 0 Å². The summed E-state index contributed by atoms with van der Waals surface area (Å²) in [5.74, 6) is 0.405. The fraction of sp³-hybridized carbons (Fsp3) is 0.390. The fourth-order valence-electron chi connectivity index (χ4n) is 6.20. The van der Waals surface area contributed by atoms with Crippen LogP contribution in [-0.2, 0) is 24.6 Å². The SMILES string of the molecule is Cc1c(COc2cc(OCc3cncc(C#N)c3)c(CN[C@@](C)(CO)C(=O)O)cc2Cl)cccc1-c1cccc(OCCCN2CCC(O)CC2)c1C. The molecule has 0 radical (unpaired) electrons. The van der Waals surface area contributed by atoms with Gasteiger partial charge in [0.1, 0.15) is 42.1 Å². The molecule has 0 bridgehead atoms. The Bertz CT molecular complexity index is 1930. The van der Waals surface area contributed by atoms with E-state index in [0.29, 0.717) is 39.8 Å². The van der Waals surface area contributed by atoms with E-state index in [2.05, 4.69) is 47.3 Å². The second-order valence-electron chi connectivity index (χ2n) is 13.6. The number of aliphatic hydroxyl groups excluding tert-OH is 2. The number of piperidine rings is 1. The van der Waals surface area contributed by atoms with Crippen molar-refractivity contribution in [3.8, 4) is 34.4 Å². The number of aliphatic carboxylic acids is 1. The van der Waals surface area contributed by atoms with Gasteiger partial charge < -0.3 is 34.4 Å². The molecule has 0 spiro atoms. The van der Waals surface area contributed by atoms with Crippen molar-refractivity contribution in [2.75, 3.05) is 32.8 Å². The maximum atomic E-state index is 11.8. The summed E-state index contributed by atoms with van der Waals surface area (Å²) in [7, 11) is 0. The van der Waals surface area contributed by atoms with Crippen molar-refractivity contribution < 1.29 is 34.3 Å². The van der Waals surface area contributed by atoms with E-state index in [-0.39, 0.29) is 25.9 Å². The van der Waals surface area contributed by atoms with Crippen molar-refractivity contribution in [2.45, 2.75) is 71.4 Å². The lowest BCUT2D eigenvalue weighted by molar-refractivity contribution is -0.145. The summed E-state index contributed by atoms with van der Waals surface area (Å²) in [4.78, 5) is 18.3. The molecule has 4 aromatic rings. The molecule has 3 aromatic carbocycles. The number of nitrogens with zero attached hydrogens (tertiary/aromatic N) is 3. The quantitative estimate of drug-likeness (QED) is 0.0914. The molecular formula is C41H47ClN4O7. The largest absolute Gasteiger partial charge is 0.493 e. The van der Waals surface area contributed by atoms with Gasteiger partial charge in [-0.1, -0.05) is 41.9 Å². The average molecular weight is 743 g/mol. The zero-order chi connectivity index (χ0) is 38.0. The van der Waals surface area contributed by atoms with Crippen molar-refractivity contribution in [1.82, 2.24) is 15.2 Å². The number of hydrogen-bond acceptors (Lipinski definition) is 10. The predicted molar refractivity (Wildman–Crippen MR) is 202 cm³/mol. The number of pyridine rings is 1. The molecule has 280 valence electrons. The van der Waals surface area contributed by atoms with E-state index in [1.165, 1.54) is 13.1 Å². The van der Waals surface area contributed by atoms with Crippen LogP contribution in [0.5, 0.6) is 17.2 Å². The first-order valence-electron chi connectivity index (χ1n) is 17.7. The number of halogens is 1. The van der Waals surface area contributed by atoms with Crippen LogP contribution in [-0.4, -0.2) is 75.7 Å². The number of aliphatic hydroxyl groups is 2. The van der Waals surface area contributed by atoms with Crippen LogP contribution in [0.15, 0.2) is 67.0 Å². The van der Waals surface area contributed by atoms with Gasteiger partial charge in [-0.05, 0) is 86.1 Å². The third-order valence-electron chi connectivity index (χ3n) is 9.73. The summed E-state index contributed by atoms with van der Waals surface area (Å²) in [6.45, 7) is 8.64. The van der Waals surface area contributed by atoms with Crippen LogP contribution in [0.2, 0.25) is 5.02 Å². The Balaban J connectivity index is 1.31. The van der Waals surface area contributed by atoms with Crippen LogP contribution in [0.25, 0.3) is 11.1 Å². The lowest BCUT2D eigenvalue weighted by atomic mass is 9.93. The Labute approximate surface area is 315 Å². The topological polar surface area (TPSA) is 157 Å². The highest BCUT2D eigenvalue weighted by molar-refractivity contribution is 6.32. The third kappa shape index (κ3) is 10.3. The summed E-state index contributed by atoms with van der Waals surface area (Å²) in [5.41, 5.74) is 5.23. The number of likely N-dealkylation sites (tertiary alicyclic amines) is 1. The van der Waals surface area contributed by atoms with E-state index in [9.17, 15) is 25.4 Å². The standard InChI is InChI=1S/C41H47ClN4O7/c1-27-31(7-4-8-34(27)35-9-5-10-37(28(35)2)51-16-6-13-46-14-11-33(48)12-15-46)25-53-39-19-38(52-24-30-17-29(20-43)21-44-22-30)32(18-36(39)42)23-45-41(3,26-47)40(49)50/h4-5,7-10,17-19,21-22,33,45,47-48H,6,11-16,23-26H2,1-3H3,(H,49,50)/t41-/m0/s1. The van der Waals surface area contributed by atoms with Crippen molar-refractivity contribution in [3.63, 3.8) is 0 Å². The number of carbonyl (C=O) groups is 1. The number of nitrogens with one attached hydrogen (secondary N) is 1. The summed E-state index contributed by atoms with van der Waals surface area (Å²) in [6.07, 6.45) is 5.46. The Morgan fingerprint density at radius 1 is 0.981 bits per heavy atom. The lowest BCUT2D eigenvalue weighted by Crippen LogP contribution is -2.52. The first-order valence-corrected chi connectivity index (χ1v) is 18.1. The van der Waals surface area contributed by atoms with Crippen LogP contribution in [0.4, 0.5) is 0 Å². The maximum absolute atomic E-state index is 11.8. The van der Waals surface area contributed by atoms with Crippen molar-refractivity contribution in [2.24, 2.45) is 0 Å². The Morgan fingerprint density at radius 3 is 2.42 bits per heavy atom. The van der Waals surface area contributed by atoms with Gasteiger partial charge in [-0.3, -0.25) is 15.1 Å². The van der Waals surface area contributed by atoms with Crippen LogP contribution in [0.1, 0.15) is 59.6 Å². The van der Waals surface area contributed by atoms with E-state index >= 15 is 0 Å². The molecule has 1 aliphatic rings. The zero-order valence-electron chi connectivity index (χ0n) is 30.4. The molecule has 0 unspecified atom stereocenters. The van der Waals surface area contributed by atoms with Gasteiger partial charge in [0.05, 0.1) is 29.9 Å². The monoisotopic (exact) mass is 742 g/mol. The highest BCUT2D eigenvalue weighted by Gasteiger charge is 2.32. The van der Waals surface area contributed by atoms with Gasteiger partial charge in [0.2, 0.25) is 0 Å². The minimum Gasteiger partial charge on any atom is -0.493 e. The molecule has 1 aromatic heterocycles. The summed E-state index contributed by atoms with van der Waals surface area (Å²) in [6, 6.07) is 19.3. The highest BCUT2D eigenvalue weighted by atomic mass is 35.5. The van der Waals surface area contributed by atoms with Crippen LogP contribution in [0, 0.1) is 25.2 Å². The molecule has 1 fully saturated rings. The molecule has 12 heteroatoms. The van der Waals surface area contributed by atoms with Gasteiger partial charge in [0, 0.05) is 55.8 Å². The zero-order valence-corrected chi connectivity index (χ0v) is 31.2. The predicted octanol–water partition coefficient (Wildman–Crippen LogP) is 6.20. The molecule has 53 heavy (non-hydrogen) atoms. The summed E-state index contributed by atoms with van der Waals surface area (Å²) >= 11 is 6.73. The molecule has 0 amide bonds. The molecule has 1 aliphatic heterocycles. The first kappa shape index (κ1) is 39.5. The molecule has 0 aliphatic carbocycles. The summed E-state index contributed by atoms with van der Waals surface area (Å²) < 4.78 is 18.7. The van der Waals surface area contributed by atoms with Gasteiger partial charge in [-0.2, -0.15) is 5.26 Å². The highest BCUT2D eigenvalue weighted by Crippen LogP contribution is 2.36. The van der Waals surface area contributed by atoms with Gasteiger partial charge in [0.25, 0.3) is 0 Å². The van der Waals surface area contributed by atoms with E-state index in [0.717, 1.165) is 72.5 Å². The molecule has 11 nitrogen and oxygen atoms in total. The van der Waals surface area contributed by atoms with Gasteiger partial charge in [0.15, 0.2) is 0 Å². The van der Waals surface area contributed by atoms with Crippen molar-refractivity contribution in [1.29, 1.82) is 5.26 Å². The maximum Gasteiger partial charge on any atom is 0.326 e. The second-order valence-corrected chi connectivity index (χ2v) is 14.0. The molecular weight excluding hydrogens is 696 g/mol. The van der Waals surface area contributed by atoms with Gasteiger partial charge in [-0.15, -0.1) is 0 Å². The number of aromatic nitrogens is 1. The van der Waals surface area contributed by atoms with Crippen LogP contribution < -0.4 is 19.5 Å². The number of nitriles is 1. The van der Waals surface area contributed by atoms with E-state index in [1.807, 2.05) is 24.3 Å². The first-order chi connectivity index (χ1) is 25.5. The number of carboxylic acids is 1. The number of carboxylic acid groups (broad SMARTS) is 1. The minimum atomic E-state index is -1.59. The molecule has 1 saturated heterocycles. The summed E-state index contributed by atoms with van der Waals surface area (Å²) in [5, 5.41) is 41.6. The molecule has 2 heterocycles. The van der Waals surface area contributed by atoms with Crippen molar-refractivity contribution in [3.05, 3.63) is 105 Å². The average Bonchev–Trinajstić information content (AvgIpc) is 3.16.